The van der Waals surface area contributed by atoms with Crippen molar-refractivity contribution < 1.29 is 27.1 Å². The number of nitrogens with zero attached hydrogens (tertiary/aromatic N) is 3. The van der Waals surface area contributed by atoms with Crippen molar-refractivity contribution in [1.82, 2.24) is 9.97 Å². The summed E-state index contributed by atoms with van der Waals surface area (Å²) in [6.07, 6.45) is -2.68. The SMILES string of the molecule is CN(Cc1ccccc1OC(F)(F)F)c1ncnc(CCc2ccc(CC(N)=O)cc2)c1F. The topological polar surface area (TPSA) is 81.3 Å². The number of hydrogen-bond acceptors (Lipinski definition) is 5. The van der Waals surface area contributed by atoms with E-state index in [2.05, 4.69) is 14.7 Å². The van der Waals surface area contributed by atoms with E-state index in [4.69, 9.17) is 5.73 Å². The molecule has 0 spiro atoms. The Morgan fingerprint density at radius 2 is 1.70 bits per heavy atom. The number of alkyl halides is 3. The van der Waals surface area contributed by atoms with E-state index in [1.165, 1.54) is 36.5 Å². The van der Waals surface area contributed by atoms with Gasteiger partial charge in [0.2, 0.25) is 5.91 Å². The van der Waals surface area contributed by atoms with E-state index in [0.717, 1.165) is 11.1 Å². The van der Waals surface area contributed by atoms with Crippen molar-refractivity contribution in [3.63, 3.8) is 0 Å². The molecular weight excluding hydrogens is 440 g/mol. The minimum atomic E-state index is -4.83. The highest BCUT2D eigenvalue weighted by molar-refractivity contribution is 5.76. The quantitative estimate of drug-likeness (QED) is 0.487. The van der Waals surface area contributed by atoms with Crippen molar-refractivity contribution in [2.45, 2.75) is 32.2 Å². The van der Waals surface area contributed by atoms with E-state index in [0.29, 0.717) is 6.42 Å². The molecule has 0 fully saturated rings. The van der Waals surface area contributed by atoms with E-state index in [-0.39, 0.29) is 42.2 Å². The Balaban J connectivity index is 1.70. The molecule has 1 heterocycles. The highest BCUT2D eigenvalue weighted by atomic mass is 19.4. The number of primary amides is 1. The zero-order valence-electron chi connectivity index (χ0n) is 17.8. The van der Waals surface area contributed by atoms with Gasteiger partial charge in [-0.2, -0.15) is 0 Å². The number of amides is 1. The van der Waals surface area contributed by atoms with Crippen molar-refractivity contribution in [3.8, 4) is 5.75 Å². The van der Waals surface area contributed by atoms with Crippen LogP contribution in [0.25, 0.3) is 0 Å². The van der Waals surface area contributed by atoms with Crippen molar-refractivity contribution in [2.75, 3.05) is 11.9 Å². The summed E-state index contributed by atoms with van der Waals surface area (Å²) in [4.78, 5) is 20.4. The van der Waals surface area contributed by atoms with Crippen LogP contribution < -0.4 is 15.4 Å². The first kappa shape index (κ1) is 24.0. The maximum Gasteiger partial charge on any atom is 0.573 e. The number of anilines is 1. The van der Waals surface area contributed by atoms with Gasteiger partial charge in [0, 0.05) is 19.2 Å². The summed E-state index contributed by atoms with van der Waals surface area (Å²) in [5.41, 5.74) is 7.31. The molecule has 1 amide bonds. The summed E-state index contributed by atoms with van der Waals surface area (Å²) in [6.45, 7) is -0.0546. The van der Waals surface area contributed by atoms with Crippen molar-refractivity contribution in [1.29, 1.82) is 0 Å². The lowest BCUT2D eigenvalue weighted by molar-refractivity contribution is -0.274. The van der Waals surface area contributed by atoms with Crippen LogP contribution in [0.5, 0.6) is 5.75 Å². The molecule has 174 valence electrons. The van der Waals surface area contributed by atoms with E-state index in [9.17, 15) is 18.0 Å². The van der Waals surface area contributed by atoms with E-state index >= 15 is 4.39 Å². The average molecular weight is 462 g/mol. The van der Waals surface area contributed by atoms with Gasteiger partial charge in [0.15, 0.2) is 11.6 Å². The molecule has 2 aromatic carbocycles. The van der Waals surface area contributed by atoms with Gasteiger partial charge in [-0.15, -0.1) is 13.2 Å². The van der Waals surface area contributed by atoms with Gasteiger partial charge in [0.25, 0.3) is 0 Å². The molecule has 0 bridgehead atoms. The van der Waals surface area contributed by atoms with E-state index in [1.807, 2.05) is 12.1 Å². The summed E-state index contributed by atoms with van der Waals surface area (Å²) in [5.74, 6) is -1.44. The number of carbonyl (C=O) groups excluding carboxylic acids is 1. The van der Waals surface area contributed by atoms with Gasteiger partial charge in [-0.25, -0.2) is 14.4 Å². The molecule has 33 heavy (non-hydrogen) atoms. The minimum absolute atomic E-state index is 0.0291. The van der Waals surface area contributed by atoms with Gasteiger partial charge in [0.05, 0.1) is 12.1 Å². The molecule has 0 radical (unpaired) electrons. The van der Waals surface area contributed by atoms with Crippen LogP contribution in [0.1, 0.15) is 22.4 Å². The molecule has 0 unspecified atom stereocenters. The number of aryl methyl sites for hydroxylation is 2. The second-order valence-electron chi connectivity index (χ2n) is 7.43. The summed E-state index contributed by atoms with van der Waals surface area (Å²) in [5, 5.41) is 0. The third kappa shape index (κ3) is 6.90. The largest absolute Gasteiger partial charge is 0.573 e. The predicted molar refractivity (Wildman–Crippen MR) is 114 cm³/mol. The summed E-state index contributed by atoms with van der Waals surface area (Å²) in [6, 6.07) is 12.9. The fourth-order valence-electron chi connectivity index (χ4n) is 3.31. The van der Waals surface area contributed by atoms with Crippen LogP contribution in [-0.2, 0) is 30.6 Å². The van der Waals surface area contributed by atoms with E-state index in [1.54, 1.807) is 18.2 Å². The number of para-hydroxylation sites is 1. The predicted octanol–water partition coefficient (Wildman–Crippen LogP) is 3.96. The highest BCUT2D eigenvalue weighted by Crippen LogP contribution is 2.28. The van der Waals surface area contributed by atoms with Gasteiger partial charge in [0.1, 0.15) is 12.1 Å². The van der Waals surface area contributed by atoms with Gasteiger partial charge in [-0.05, 0) is 30.0 Å². The fraction of sp³-hybridized carbons (Fsp3) is 0.261. The number of hydrogen-bond donors (Lipinski definition) is 1. The number of halogens is 4. The Hall–Kier alpha value is -3.69. The number of ether oxygens (including phenoxy) is 1. The third-order valence-electron chi connectivity index (χ3n) is 4.86. The molecule has 0 aliphatic rings. The molecule has 2 N–H and O–H groups in total. The standard InChI is InChI=1S/C23H22F4N4O2/c1-31(13-17-4-2-3-5-19(17)33-23(25,26)27)22-21(24)18(29-14-30-22)11-10-15-6-8-16(9-7-15)12-20(28)32/h2-9,14H,10-13H2,1H3,(H2,28,32). The first-order chi connectivity index (χ1) is 15.6. The van der Waals surface area contributed by atoms with Crippen LogP contribution in [-0.4, -0.2) is 29.3 Å². The third-order valence-corrected chi connectivity index (χ3v) is 4.86. The van der Waals surface area contributed by atoms with Crippen LogP contribution in [0.2, 0.25) is 0 Å². The molecule has 3 rings (SSSR count). The number of rotatable bonds is 9. The molecule has 0 aliphatic carbocycles. The van der Waals surface area contributed by atoms with Crippen LogP contribution >= 0.6 is 0 Å². The first-order valence-electron chi connectivity index (χ1n) is 10.0. The van der Waals surface area contributed by atoms with Gasteiger partial charge < -0.3 is 15.4 Å². The Kier molecular flexibility index (Phi) is 7.47. The zero-order valence-corrected chi connectivity index (χ0v) is 17.8. The van der Waals surface area contributed by atoms with Gasteiger partial charge in [-0.1, -0.05) is 42.5 Å². The Morgan fingerprint density at radius 1 is 1.03 bits per heavy atom. The molecule has 0 saturated heterocycles. The van der Waals surface area contributed by atoms with E-state index < -0.39 is 18.1 Å². The normalized spacial score (nSPS) is 11.3. The molecule has 3 aromatic rings. The monoisotopic (exact) mass is 462 g/mol. The lowest BCUT2D eigenvalue weighted by Gasteiger charge is -2.21. The van der Waals surface area contributed by atoms with Crippen molar-refractivity contribution >= 4 is 11.7 Å². The average Bonchev–Trinajstić information content (AvgIpc) is 2.74. The Morgan fingerprint density at radius 3 is 2.36 bits per heavy atom. The second kappa shape index (κ2) is 10.3. The maximum absolute atomic E-state index is 15.1. The number of benzene rings is 2. The maximum atomic E-state index is 15.1. The van der Waals surface area contributed by atoms with Crippen molar-refractivity contribution in [3.05, 3.63) is 83.1 Å². The van der Waals surface area contributed by atoms with Crippen LogP contribution in [0.3, 0.4) is 0 Å². The highest BCUT2D eigenvalue weighted by Gasteiger charge is 2.32. The number of nitrogens with two attached hydrogens (primary N) is 1. The molecule has 6 nitrogen and oxygen atoms in total. The molecule has 0 aliphatic heterocycles. The second-order valence-corrected chi connectivity index (χ2v) is 7.43. The number of carbonyl (C=O) groups is 1. The fourth-order valence-corrected chi connectivity index (χ4v) is 3.31. The molecule has 0 atom stereocenters. The minimum Gasteiger partial charge on any atom is -0.405 e. The van der Waals surface area contributed by atoms with Gasteiger partial charge in [-0.3, -0.25) is 4.79 Å². The summed E-state index contributed by atoms with van der Waals surface area (Å²) < 4.78 is 57.1. The summed E-state index contributed by atoms with van der Waals surface area (Å²) in [7, 11) is 1.52. The summed E-state index contributed by atoms with van der Waals surface area (Å²) >= 11 is 0. The smallest absolute Gasteiger partial charge is 0.405 e. The first-order valence-corrected chi connectivity index (χ1v) is 10.0. The molecular formula is C23H22F4N4O2. The van der Waals surface area contributed by atoms with Crippen LogP contribution in [0.15, 0.2) is 54.9 Å². The molecule has 0 saturated carbocycles. The van der Waals surface area contributed by atoms with Crippen molar-refractivity contribution in [2.24, 2.45) is 5.73 Å². The molecule has 1 aromatic heterocycles. The van der Waals surface area contributed by atoms with Gasteiger partial charge >= 0.3 is 6.36 Å². The van der Waals surface area contributed by atoms with Crippen LogP contribution in [0.4, 0.5) is 23.4 Å². The number of aromatic nitrogens is 2. The van der Waals surface area contributed by atoms with Crippen LogP contribution in [0, 0.1) is 5.82 Å². The molecule has 10 heteroatoms. The Bertz CT molecular complexity index is 1100. The lowest BCUT2D eigenvalue weighted by atomic mass is 10.0. The Labute approximate surface area is 188 Å². The zero-order chi connectivity index (χ0) is 24.0. The lowest BCUT2D eigenvalue weighted by Crippen LogP contribution is -2.23.